The summed E-state index contributed by atoms with van der Waals surface area (Å²) in [6.07, 6.45) is 1.45. The molecule has 1 aromatic rings. The predicted molar refractivity (Wildman–Crippen MR) is 62.6 cm³/mol. The lowest BCUT2D eigenvalue weighted by molar-refractivity contribution is -0.142. The second-order valence-electron chi connectivity index (χ2n) is 3.74. The molecule has 16 heavy (non-hydrogen) atoms. The molecule has 2 N–H and O–H groups in total. The van der Waals surface area contributed by atoms with E-state index in [0.29, 0.717) is 24.3 Å². The maximum atomic E-state index is 11.0. The minimum Gasteiger partial charge on any atom is -0.481 e. The highest BCUT2D eigenvalue weighted by molar-refractivity contribution is 6.30. The second kappa shape index (κ2) is 6.51. The average Bonchev–Trinajstić information content (AvgIpc) is 2.24. The van der Waals surface area contributed by atoms with Gasteiger partial charge in [-0.3, -0.25) is 4.79 Å². The van der Waals surface area contributed by atoms with Crippen LogP contribution in [0.4, 0.5) is 0 Å². The molecule has 1 aromatic carbocycles. The van der Waals surface area contributed by atoms with Crippen molar-refractivity contribution in [1.29, 1.82) is 0 Å². The van der Waals surface area contributed by atoms with Crippen LogP contribution in [-0.4, -0.2) is 22.8 Å². The van der Waals surface area contributed by atoms with Crippen molar-refractivity contribution in [1.82, 2.24) is 0 Å². The number of carboxylic acid groups (broad SMARTS) is 1. The monoisotopic (exact) mass is 242 g/mol. The summed E-state index contributed by atoms with van der Waals surface area (Å²) in [7, 11) is 0. The molecule has 0 heterocycles. The Morgan fingerprint density at radius 2 is 2.19 bits per heavy atom. The minimum absolute atomic E-state index is 0.0271. The Hall–Kier alpha value is -1.06. The molecule has 1 rings (SSSR count). The van der Waals surface area contributed by atoms with E-state index in [1.165, 1.54) is 0 Å². The van der Waals surface area contributed by atoms with Crippen molar-refractivity contribution < 1.29 is 15.0 Å². The Morgan fingerprint density at radius 3 is 2.75 bits per heavy atom. The summed E-state index contributed by atoms with van der Waals surface area (Å²) in [5.41, 5.74) is 0.915. The standard InChI is InChI=1S/C12H15ClO3/c13-11-5-1-3-9(8-11)7-10(12(15)16)4-2-6-14/h1,3,5,8,10,14H,2,4,6-7H2,(H,15,16). The highest BCUT2D eigenvalue weighted by Gasteiger charge is 2.17. The van der Waals surface area contributed by atoms with Gasteiger partial charge in [0.05, 0.1) is 5.92 Å². The van der Waals surface area contributed by atoms with Gasteiger partial charge in [0.2, 0.25) is 0 Å². The van der Waals surface area contributed by atoms with E-state index < -0.39 is 11.9 Å². The quantitative estimate of drug-likeness (QED) is 0.805. The Labute approximate surface area is 99.7 Å². The first-order valence-electron chi connectivity index (χ1n) is 5.21. The van der Waals surface area contributed by atoms with Crippen LogP contribution in [0.25, 0.3) is 0 Å². The van der Waals surface area contributed by atoms with Crippen LogP contribution in [0.2, 0.25) is 5.02 Å². The summed E-state index contributed by atoms with van der Waals surface area (Å²) in [6.45, 7) is 0.0271. The number of aliphatic carboxylic acids is 1. The highest BCUT2D eigenvalue weighted by Crippen LogP contribution is 2.17. The Kier molecular flexibility index (Phi) is 5.29. The van der Waals surface area contributed by atoms with Gasteiger partial charge in [-0.05, 0) is 37.0 Å². The SMILES string of the molecule is O=C(O)C(CCCO)Cc1cccc(Cl)c1. The fraction of sp³-hybridized carbons (Fsp3) is 0.417. The topological polar surface area (TPSA) is 57.5 Å². The van der Waals surface area contributed by atoms with Crippen LogP contribution < -0.4 is 0 Å². The molecule has 0 aromatic heterocycles. The summed E-state index contributed by atoms with van der Waals surface area (Å²) >= 11 is 5.82. The molecular formula is C12H15ClO3. The van der Waals surface area contributed by atoms with Gasteiger partial charge in [0, 0.05) is 11.6 Å². The van der Waals surface area contributed by atoms with Crippen molar-refractivity contribution in [2.75, 3.05) is 6.61 Å². The molecule has 3 nitrogen and oxygen atoms in total. The zero-order valence-corrected chi connectivity index (χ0v) is 9.65. The van der Waals surface area contributed by atoms with Crippen molar-refractivity contribution in [3.8, 4) is 0 Å². The summed E-state index contributed by atoms with van der Waals surface area (Å²) in [4.78, 5) is 11.0. The normalized spacial score (nSPS) is 12.4. The molecule has 1 unspecified atom stereocenters. The third-order valence-electron chi connectivity index (χ3n) is 2.43. The van der Waals surface area contributed by atoms with Gasteiger partial charge in [-0.15, -0.1) is 0 Å². The number of aliphatic hydroxyl groups excluding tert-OH is 1. The lowest BCUT2D eigenvalue weighted by Gasteiger charge is -2.11. The third kappa shape index (κ3) is 4.21. The van der Waals surface area contributed by atoms with Crippen molar-refractivity contribution in [2.24, 2.45) is 5.92 Å². The van der Waals surface area contributed by atoms with Crippen LogP contribution in [0.1, 0.15) is 18.4 Å². The molecule has 0 amide bonds. The summed E-state index contributed by atoms with van der Waals surface area (Å²) in [5.74, 6) is -1.28. The Bertz CT molecular complexity index is 352. The van der Waals surface area contributed by atoms with Gasteiger partial charge in [-0.1, -0.05) is 23.7 Å². The van der Waals surface area contributed by atoms with Gasteiger partial charge in [0.25, 0.3) is 0 Å². The van der Waals surface area contributed by atoms with Crippen LogP contribution in [0, 0.1) is 5.92 Å². The molecule has 0 fully saturated rings. The molecule has 0 radical (unpaired) electrons. The average molecular weight is 243 g/mol. The molecule has 0 bridgehead atoms. The number of carboxylic acids is 1. The molecular weight excluding hydrogens is 228 g/mol. The van der Waals surface area contributed by atoms with E-state index in [1.54, 1.807) is 12.1 Å². The van der Waals surface area contributed by atoms with Crippen molar-refractivity contribution >= 4 is 17.6 Å². The van der Waals surface area contributed by atoms with E-state index >= 15 is 0 Å². The minimum atomic E-state index is -0.826. The van der Waals surface area contributed by atoms with Crippen LogP contribution in [-0.2, 0) is 11.2 Å². The van der Waals surface area contributed by atoms with Gasteiger partial charge >= 0.3 is 5.97 Å². The van der Waals surface area contributed by atoms with Crippen molar-refractivity contribution in [2.45, 2.75) is 19.3 Å². The first-order valence-corrected chi connectivity index (χ1v) is 5.59. The first-order chi connectivity index (χ1) is 7.63. The van der Waals surface area contributed by atoms with Gasteiger partial charge in [0.15, 0.2) is 0 Å². The van der Waals surface area contributed by atoms with E-state index in [9.17, 15) is 4.79 Å². The highest BCUT2D eigenvalue weighted by atomic mass is 35.5. The largest absolute Gasteiger partial charge is 0.481 e. The lowest BCUT2D eigenvalue weighted by Crippen LogP contribution is -2.16. The summed E-state index contributed by atoms with van der Waals surface area (Å²) < 4.78 is 0. The predicted octanol–water partition coefficient (Wildman–Crippen LogP) is 2.36. The number of halogens is 1. The molecule has 1 atom stereocenters. The van der Waals surface area contributed by atoms with E-state index in [-0.39, 0.29) is 6.61 Å². The number of hydrogen-bond acceptors (Lipinski definition) is 2. The number of aliphatic hydroxyl groups is 1. The van der Waals surface area contributed by atoms with Crippen molar-refractivity contribution in [3.63, 3.8) is 0 Å². The van der Waals surface area contributed by atoms with Gasteiger partial charge in [0.1, 0.15) is 0 Å². The van der Waals surface area contributed by atoms with E-state index in [1.807, 2.05) is 12.1 Å². The van der Waals surface area contributed by atoms with Crippen LogP contribution in [0.5, 0.6) is 0 Å². The van der Waals surface area contributed by atoms with Gasteiger partial charge in [-0.25, -0.2) is 0 Å². The number of hydrogen-bond donors (Lipinski definition) is 2. The zero-order chi connectivity index (χ0) is 12.0. The summed E-state index contributed by atoms with van der Waals surface area (Å²) in [5, 5.41) is 18.3. The van der Waals surface area contributed by atoms with Crippen molar-refractivity contribution in [3.05, 3.63) is 34.9 Å². The van der Waals surface area contributed by atoms with Crippen LogP contribution >= 0.6 is 11.6 Å². The lowest BCUT2D eigenvalue weighted by atomic mass is 9.95. The van der Waals surface area contributed by atoms with Gasteiger partial charge in [-0.2, -0.15) is 0 Å². The maximum Gasteiger partial charge on any atom is 0.306 e. The summed E-state index contributed by atoms with van der Waals surface area (Å²) in [6, 6.07) is 7.20. The number of carbonyl (C=O) groups is 1. The molecule has 0 saturated carbocycles. The molecule has 88 valence electrons. The fourth-order valence-corrected chi connectivity index (χ4v) is 1.81. The van der Waals surface area contributed by atoms with E-state index in [2.05, 4.69) is 0 Å². The van der Waals surface area contributed by atoms with Crippen LogP contribution in [0.15, 0.2) is 24.3 Å². The van der Waals surface area contributed by atoms with Crippen LogP contribution in [0.3, 0.4) is 0 Å². The number of benzene rings is 1. The third-order valence-corrected chi connectivity index (χ3v) is 2.67. The smallest absolute Gasteiger partial charge is 0.306 e. The van der Waals surface area contributed by atoms with Gasteiger partial charge < -0.3 is 10.2 Å². The zero-order valence-electron chi connectivity index (χ0n) is 8.90. The fourth-order valence-electron chi connectivity index (χ4n) is 1.60. The molecule has 0 spiro atoms. The molecule has 0 aliphatic heterocycles. The number of rotatable bonds is 6. The van der Waals surface area contributed by atoms with E-state index in [0.717, 1.165) is 5.56 Å². The first kappa shape index (κ1) is 13.0. The maximum absolute atomic E-state index is 11.0. The molecule has 0 saturated heterocycles. The Balaban J connectivity index is 2.64. The molecule has 0 aliphatic rings. The molecule has 0 aliphatic carbocycles. The Morgan fingerprint density at radius 1 is 1.44 bits per heavy atom. The molecule has 4 heteroatoms. The second-order valence-corrected chi connectivity index (χ2v) is 4.17. The van der Waals surface area contributed by atoms with E-state index in [4.69, 9.17) is 21.8 Å².